The van der Waals surface area contributed by atoms with Crippen LogP contribution >= 0.6 is 11.8 Å². The molecule has 0 saturated heterocycles. The second-order valence-corrected chi connectivity index (χ2v) is 11.9. The number of alkyl halides is 3. The molecule has 0 amide bonds. The number of ether oxygens (including phenoxy) is 1. The van der Waals surface area contributed by atoms with Gasteiger partial charge in [-0.3, -0.25) is 9.59 Å². The molecule has 0 aromatic carbocycles. The van der Waals surface area contributed by atoms with E-state index in [4.69, 9.17) is 4.74 Å². The summed E-state index contributed by atoms with van der Waals surface area (Å²) in [5, 5.41) is 10.3. The van der Waals surface area contributed by atoms with E-state index in [9.17, 15) is 27.9 Å². The number of aliphatic hydroxyl groups is 1. The van der Waals surface area contributed by atoms with Crippen molar-refractivity contribution in [1.82, 2.24) is 0 Å². The fourth-order valence-corrected chi connectivity index (χ4v) is 6.37. The number of thioether (sulfide) groups is 1. The molecule has 218 valence electrons. The number of halogens is 3. The molecule has 4 nitrogen and oxygen atoms in total. The van der Waals surface area contributed by atoms with E-state index in [1.807, 2.05) is 0 Å². The quantitative estimate of drug-likeness (QED) is 0.102. The van der Waals surface area contributed by atoms with Crippen LogP contribution in [0.2, 0.25) is 0 Å². The van der Waals surface area contributed by atoms with Crippen molar-refractivity contribution in [3.05, 3.63) is 0 Å². The average Bonchev–Trinajstić information content (AvgIpc) is 3.20. The van der Waals surface area contributed by atoms with Crippen LogP contribution in [0.4, 0.5) is 13.2 Å². The van der Waals surface area contributed by atoms with Crippen LogP contribution in [0, 0.1) is 5.92 Å². The number of carbonyl (C=O) groups excluding carboxylic acids is 2. The molecule has 0 radical (unpaired) electrons. The Bertz CT molecular complexity index is 600. The van der Waals surface area contributed by atoms with Gasteiger partial charge in [-0.1, -0.05) is 77.6 Å². The van der Waals surface area contributed by atoms with E-state index < -0.39 is 18.7 Å². The Balaban J connectivity index is 2.03. The lowest BCUT2D eigenvalue weighted by atomic mass is 9.98. The minimum absolute atomic E-state index is 0.0130. The molecule has 0 aromatic rings. The molecule has 37 heavy (non-hydrogen) atoms. The van der Waals surface area contributed by atoms with E-state index in [2.05, 4.69) is 6.92 Å². The number of Topliss-reactive ketones (excluding diaryl/α,β-unsaturated/α-hetero) is 1. The lowest BCUT2D eigenvalue weighted by Crippen LogP contribution is -2.20. The van der Waals surface area contributed by atoms with Gasteiger partial charge in [0, 0.05) is 36.2 Å². The normalized spacial score (nSPS) is 18.9. The number of hydrogen-bond donors (Lipinski definition) is 1. The lowest BCUT2D eigenvalue weighted by Gasteiger charge is -2.20. The predicted molar refractivity (Wildman–Crippen MR) is 146 cm³/mol. The molecule has 0 spiro atoms. The number of ketones is 1. The summed E-state index contributed by atoms with van der Waals surface area (Å²) in [6, 6.07) is 0. The first-order valence-corrected chi connectivity index (χ1v) is 15.8. The fourth-order valence-electron chi connectivity index (χ4n) is 4.93. The number of esters is 1. The van der Waals surface area contributed by atoms with E-state index in [1.54, 1.807) is 11.8 Å². The number of rotatable bonds is 23. The zero-order valence-corrected chi connectivity index (χ0v) is 23.8. The van der Waals surface area contributed by atoms with Crippen molar-refractivity contribution in [3.63, 3.8) is 0 Å². The largest absolute Gasteiger partial charge is 0.466 e. The number of aliphatic hydroxyl groups excluding tert-OH is 1. The van der Waals surface area contributed by atoms with Gasteiger partial charge in [0.25, 0.3) is 0 Å². The van der Waals surface area contributed by atoms with Crippen LogP contribution in [0.1, 0.15) is 135 Å². The molecule has 8 heteroatoms. The molecule has 3 atom stereocenters. The highest BCUT2D eigenvalue weighted by molar-refractivity contribution is 8.00. The van der Waals surface area contributed by atoms with E-state index in [0.717, 1.165) is 51.4 Å². The molecule has 1 aliphatic rings. The summed E-state index contributed by atoms with van der Waals surface area (Å²) in [5.41, 5.74) is 0. The Kier molecular flexibility index (Phi) is 19.6. The van der Waals surface area contributed by atoms with Crippen molar-refractivity contribution in [1.29, 1.82) is 0 Å². The minimum Gasteiger partial charge on any atom is -0.466 e. The van der Waals surface area contributed by atoms with Gasteiger partial charge in [-0.25, -0.2) is 0 Å². The van der Waals surface area contributed by atoms with Gasteiger partial charge in [0.1, 0.15) is 5.78 Å². The van der Waals surface area contributed by atoms with Crippen molar-refractivity contribution in [2.24, 2.45) is 5.92 Å². The fraction of sp³-hybridized carbons (Fsp3) is 0.931. The molecule has 3 unspecified atom stereocenters. The van der Waals surface area contributed by atoms with Crippen molar-refractivity contribution in [3.8, 4) is 0 Å². The van der Waals surface area contributed by atoms with Gasteiger partial charge in [0.15, 0.2) is 0 Å². The number of carbonyl (C=O) groups is 2. The summed E-state index contributed by atoms with van der Waals surface area (Å²) in [5.74, 6) is 0.671. The van der Waals surface area contributed by atoms with Crippen molar-refractivity contribution >= 4 is 23.5 Å². The average molecular weight is 553 g/mol. The highest BCUT2D eigenvalue weighted by atomic mass is 32.2. The Morgan fingerprint density at radius 3 is 2.32 bits per heavy atom. The first-order chi connectivity index (χ1) is 17.7. The highest BCUT2D eigenvalue weighted by Gasteiger charge is 2.34. The zero-order valence-electron chi connectivity index (χ0n) is 23.0. The number of hydrogen-bond acceptors (Lipinski definition) is 5. The first-order valence-electron chi connectivity index (χ1n) is 14.8. The smallest absolute Gasteiger partial charge is 0.389 e. The van der Waals surface area contributed by atoms with Gasteiger partial charge in [-0.2, -0.15) is 24.9 Å². The summed E-state index contributed by atoms with van der Waals surface area (Å²) >= 11 is 1.60. The number of unbranched alkanes of at least 4 members (excludes halogenated alkanes) is 11. The van der Waals surface area contributed by atoms with E-state index in [0.29, 0.717) is 43.8 Å². The van der Waals surface area contributed by atoms with Crippen LogP contribution < -0.4 is 0 Å². The minimum atomic E-state index is -4.13. The van der Waals surface area contributed by atoms with Gasteiger partial charge >= 0.3 is 12.1 Å². The van der Waals surface area contributed by atoms with Gasteiger partial charge in [-0.15, -0.1) is 0 Å². The molecular weight excluding hydrogens is 501 g/mol. The third-order valence-electron chi connectivity index (χ3n) is 7.19. The summed E-state index contributed by atoms with van der Waals surface area (Å²) in [4.78, 5) is 24.2. The molecule has 1 saturated carbocycles. The molecule has 1 aliphatic carbocycles. The summed E-state index contributed by atoms with van der Waals surface area (Å²) in [6.07, 6.45) is 11.4. The molecule has 1 rings (SSSR count). The van der Waals surface area contributed by atoms with Crippen LogP contribution in [-0.4, -0.2) is 46.7 Å². The van der Waals surface area contributed by atoms with E-state index in [1.165, 1.54) is 38.5 Å². The Hall–Kier alpha value is -0.760. The maximum absolute atomic E-state index is 12.3. The van der Waals surface area contributed by atoms with E-state index >= 15 is 0 Å². The third-order valence-corrected chi connectivity index (χ3v) is 8.76. The van der Waals surface area contributed by atoms with Crippen LogP contribution in [0.25, 0.3) is 0 Å². The maximum atomic E-state index is 12.3. The summed E-state index contributed by atoms with van der Waals surface area (Å²) in [7, 11) is 0. The third kappa shape index (κ3) is 19.0. The van der Waals surface area contributed by atoms with Crippen LogP contribution in [0.5, 0.6) is 0 Å². The maximum Gasteiger partial charge on any atom is 0.389 e. The van der Waals surface area contributed by atoms with E-state index in [-0.39, 0.29) is 23.6 Å². The SMILES string of the molecule is CCCCCCCCCCOC(=O)CCCCCCC1C(=O)CCC1SCC(O)CCCCC(F)(F)F. The van der Waals surface area contributed by atoms with Gasteiger partial charge in [0.2, 0.25) is 0 Å². The second kappa shape index (κ2) is 21.1. The summed E-state index contributed by atoms with van der Waals surface area (Å²) in [6.45, 7) is 2.75. The highest BCUT2D eigenvalue weighted by Crippen LogP contribution is 2.36. The summed E-state index contributed by atoms with van der Waals surface area (Å²) < 4.78 is 42.0. The van der Waals surface area contributed by atoms with Gasteiger partial charge < -0.3 is 9.84 Å². The van der Waals surface area contributed by atoms with Crippen molar-refractivity contribution < 1.29 is 32.6 Å². The molecule has 0 bridgehead atoms. The predicted octanol–water partition coefficient (Wildman–Crippen LogP) is 8.58. The van der Waals surface area contributed by atoms with Crippen LogP contribution in [0.15, 0.2) is 0 Å². The Morgan fingerprint density at radius 2 is 1.62 bits per heavy atom. The monoisotopic (exact) mass is 552 g/mol. The molecule has 0 aliphatic heterocycles. The molecule has 0 aromatic heterocycles. The molecule has 0 heterocycles. The molecular formula is C29H51F3O4S. The Morgan fingerprint density at radius 1 is 0.973 bits per heavy atom. The zero-order chi connectivity index (χ0) is 27.4. The lowest BCUT2D eigenvalue weighted by molar-refractivity contribution is -0.144. The van der Waals surface area contributed by atoms with Crippen LogP contribution in [0.3, 0.4) is 0 Å². The Labute approximate surface area is 227 Å². The first kappa shape index (κ1) is 34.3. The van der Waals surface area contributed by atoms with Crippen molar-refractivity contribution in [2.45, 2.75) is 153 Å². The second-order valence-electron chi connectivity index (χ2n) is 10.6. The standard InChI is InChI=1S/C29H51F3O4S/c1-2-3-4-5-6-7-10-15-22-36-28(35)18-12-9-8-11-17-25-26(34)19-20-27(25)37-23-24(33)16-13-14-21-29(30,31)32/h24-25,27,33H,2-23H2,1H3. The van der Waals surface area contributed by atoms with Gasteiger partial charge in [-0.05, 0) is 38.5 Å². The topological polar surface area (TPSA) is 63.6 Å². The van der Waals surface area contributed by atoms with Crippen LogP contribution in [-0.2, 0) is 14.3 Å². The molecule has 1 N–H and O–H groups in total. The van der Waals surface area contributed by atoms with Crippen molar-refractivity contribution in [2.75, 3.05) is 12.4 Å². The van der Waals surface area contributed by atoms with Gasteiger partial charge in [0.05, 0.1) is 12.7 Å². The molecule has 1 fully saturated rings.